The molecule has 0 aliphatic rings. The highest BCUT2D eigenvalue weighted by Gasteiger charge is 2.11. The molecule has 0 bridgehead atoms. The Morgan fingerprint density at radius 2 is 1.80 bits per heavy atom. The zero-order valence-corrected chi connectivity index (χ0v) is 9.57. The van der Waals surface area contributed by atoms with Gasteiger partial charge in [0.2, 0.25) is 0 Å². The van der Waals surface area contributed by atoms with Gasteiger partial charge in [-0.15, -0.1) is 0 Å². The first-order valence-electron chi connectivity index (χ1n) is 4.78. The molecule has 0 fully saturated rings. The standard InChI is InChI=1S/C10H17NO4/c1-5-11(6-2)10(13)15-8(3)7-9(12)14-4/h7H,5-6H2,1-4H3/b8-7-. The highest BCUT2D eigenvalue weighted by molar-refractivity contribution is 5.82. The van der Waals surface area contributed by atoms with Crippen molar-refractivity contribution in [3.63, 3.8) is 0 Å². The van der Waals surface area contributed by atoms with Crippen LogP contribution in [0.15, 0.2) is 11.8 Å². The number of esters is 1. The predicted octanol–water partition coefficient (Wildman–Crippen LogP) is 1.54. The van der Waals surface area contributed by atoms with Crippen LogP contribution >= 0.6 is 0 Å². The van der Waals surface area contributed by atoms with E-state index in [0.29, 0.717) is 13.1 Å². The quantitative estimate of drug-likeness (QED) is 0.405. The van der Waals surface area contributed by atoms with E-state index in [1.165, 1.54) is 18.9 Å². The summed E-state index contributed by atoms with van der Waals surface area (Å²) < 4.78 is 9.31. The molecule has 0 atom stereocenters. The van der Waals surface area contributed by atoms with Gasteiger partial charge in [0, 0.05) is 13.1 Å². The Bertz CT molecular complexity index is 256. The molecular formula is C10H17NO4. The molecule has 0 spiro atoms. The predicted molar refractivity (Wildman–Crippen MR) is 55.2 cm³/mol. The molecule has 0 aromatic heterocycles. The van der Waals surface area contributed by atoms with Gasteiger partial charge >= 0.3 is 12.1 Å². The average Bonchev–Trinajstić information content (AvgIpc) is 2.19. The second kappa shape index (κ2) is 6.86. The average molecular weight is 215 g/mol. The molecule has 5 nitrogen and oxygen atoms in total. The van der Waals surface area contributed by atoms with Gasteiger partial charge in [0.25, 0.3) is 0 Å². The molecule has 86 valence electrons. The van der Waals surface area contributed by atoms with E-state index in [-0.39, 0.29) is 5.76 Å². The lowest BCUT2D eigenvalue weighted by Crippen LogP contribution is -2.30. The number of nitrogens with zero attached hydrogens (tertiary/aromatic N) is 1. The van der Waals surface area contributed by atoms with E-state index in [1.54, 1.807) is 0 Å². The molecule has 0 aromatic rings. The number of hydrogen-bond acceptors (Lipinski definition) is 4. The van der Waals surface area contributed by atoms with E-state index in [0.717, 1.165) is 6.08 Å². The number of carbonyl (C=O) groups excluding carboxylic acids is 2. The van der Waals surface area contributed by atoms with Crippen LogP contribution < -0.4 is 0 Å². The summed E-state index contributed by atoms with van der Waals surface area (Å²) in [5.41, 5.74) is 0. The first-order valence-corrected chi connectivity index (χ1v) is 4.78. The summed E-state index contributed by atoms with van der Waals surface area (Å²) in [6, 6.07) is 0. The van der Waals surface area contributed by atoms with Gasteiger partial charge in [-0.1, -0.05) is 0 Å². The van der Waals surface area contributed by atoms with Crippen LogP contribution in [-0.4, -0.2) is 37.2 Å². The second-order valence-corrected chi connectivity index (χ2v) is 2.82. The van der Waals surface area contributed by atoms with E-state index in [9.17, 15) is 9.59 Å². The summed E-state index contributed by atoms with van der Waals surface area (Å²) in [5, 5.41) is 0. The van der Waals surface area contributed by atoms with Crippen LogP contribution in [0.25, 0.3) is 0 Å². The lowest BCUT2D eigenvalue weighted by molar-refractivity contribution is -0.135. The topological polar surface area (TPSA) is 55.8 Å². The number of carbonyl (C=O) groups is 2. The zero-order chi connectivity index (χ0) is 11.8. The van der Waals surface area contributed by atoms with Crippen LogP contribution in [0.3, 0.4) is 0 Å². The molecule has 0 aliphatic carbocycles. The summed E-state index contributed by atoms with van der Waals surface area (Å²) in [6.45, 7) is 6.37. The van der Waals surface area contributed by atoms with Gasteiger partial charge in [-0.2, -0.15) is 0 Å². The third-order valence-corrected chi connectivity index (χ3v) is 1.79. The SMILES string of the molecule is CCN(CC)C(=O)O/C(C)=C\C(=O)OC. The largest absolute Gasteiger partial charge is 0.466 e. The summed E-state index contributed by atoms with van der Waals surface area (Å²) >= 11 is 0. The summed E-state index contributed by atoms with van der Waals surface area (Å²) in [4.78, 5) is 23.7. The minimum Gasteiger partial charge on any atom is -0.466 e. The maximum atomic E-state index is 11.4. The van der Waals surface area contributed by atoms with E-state index >= 15 is 0 Å². The van der Waals surface area contributed by atoms with Crippen molar-refractivity contribution < 1.29 is 19.1 Å². The molecule has 0 rings (SSSR count). The molecule has 15 heavy (non-hydrogen) atoms. The molecular weight excluding hydrogens is 198 g/mol. The molecule has 0 saturated heterocycles. The van der Waals surface area contributed by atoms with Crippen LogP contribution in [0.4, 0.5) is 4.79 Å². The Morgan fingerprint density at radius 1 is 1.27 bits per heavy atom. The van der Waals surface area contributed by atoms with Gasteiger partial charge in [0.05, 0.1) is 13.2 Å². The number of ether oxygens (including phenoxy) is 2. The maximum Gasteiger partial charge on any atom is 0.414 e. The smallest absolute Gasteiger partial charge is 0.414 e. The third-order valence-electron chi connectivity index (χ3n) is 1.79. The van der Waals surface area contributed by atoms with Crippen molar-refractivity contribution in [1.29, 1.82) is 0 Å². The van der Waals surface area contributed by atoms with Crippen LogP contribution in [0.5, 0.6) is 0 Å². The van der Waals surface area contributed by atoms with Crippen molar-refractivity contribution in [2.24, 2.45) is 0 Å². The first kappa shape index (κ1) is 13.5. The Morgan fingerprint density at radius 3 is 2.20 bits per heavy atom. The van der Waals surface area contributed by atoms with Crippen LogP contribution in [0.1, 0.15) is 20.8 Å². The van der Waals surface area contributed by atoms with Crippen LogP contribution in [0, 0.1) is 0 Å². The molecule has 0 saturated carbocycles. The summed E-state index contributed by atoms with van der Waals surface area (Å²) in [5.74, 6) is -0.321. The van der Waals surface area contributed by atoms with Gasteiger partial charge in [0.15, 0.2) is 0 Å². The highest BCUT2D eigenvalue weighted by atomic mass is 16.6. The third kappa shape index (κ3) is 5.05. The lowest BCUT2D eigenvalue weighted by Gasteiger charge is -2.17. The Balaban J connectivity index is 4.28. The number of amides is 1. The van der Waals surface area contributed by atoms with Crippen LogP contribution in [0.2, 0.25) is 0 Å². The molecule has 1 amide bonds. The number of hydrogen-bond donors (Lipinski definition) is 0. The normalized spacial score (nSPS) is 10.8. The van der Waals surface area contributed by atoms with Crippen molar-refractivity contribution in [3.05, 3.63) is 11.8 Å². The van der Waals surface area contributed by atoms with E-state index in [2.05, 4.69) is 4.74 Å². The fourth-order valence-electron chi connectivity index (χ4n) is 0.938. The molecule has 0 aliphatic heterocycles. The molecule has 0 radical (unpaired) electrons. The minimum absolute atomic E-state index is 0.221. The fourth-order valence-corrected chi connectivity index (χ4v) is 0.938. The highest BCUT2D eigenvalue weighted by Crippen LogP contribution is 2.01. The molecule has 0 unspecified atom stereocenters. The fraction of sp³-hybridized carbons (Fsp3) is 0.600. The number of methoxy groups -OCH3 is 1. The van der Waals surface area contributed by atoms with Gasteiger partial charge in [0.1, 0.15) is 5.76 Å². The Labute approximate surface area is 89.6 Å². The van der Waals surface area contributed by atoms with Gasteiger partial charge < -0.3 is 14.4 Å². The van der Waals surface area contributed by atoms with E-state index < -0.39 is 12.1 Å². The molecule has 0 N–H and O–H groups in total. The van der Waals surface area contributed by atoms with Gasteiger partial charge in [-0.3, -0.25) is 0 Å². The van der Waals surface area contributed by atoms with E-state index in [1.807, 2.05) is 13.8 Å². The maximum absolute atomic E-state index is 11.4. The minimum atomic E-state index is -0.542. The Hall–Kier alpha value is -1.52. The number of allylic oxidation sites excluding steroid dienone is 1. The summed E-state index contributed by atoms with van der Waals surface area (Å²) in [6.07, 6.45) is 0.666. The van der Waals surface area contributed by atoms with Gasteiger partial charge in [-0.25, -0.2) is 9.59 Å². The van der Waals surface area contributed by atoms with Crippen LogP contribution in [-0.2, 0) is 14.3 Å². The van der Waals surface area contributed by atoms with Gasteiger partial charge in [-0.05, 0) is 20.8 Å². The van der Waals surface area contributed by atoms with E-state index in [4.69, 9.17) is 4.74 Å². The molecule has 0 aromatic carbocycles. The second-order valence-electron chi connectivity index (χ2n) is 2.82. The first-order chi connectivity index (χ1) is 7.04. The number of rotatable bonds is 4. The van der Waals surface area contributed by atoms with Crippen molar-refractivity contribution in [3.8, 4) is 0 Å². The van der Waals surface area contributed by atoms with Crippen molar-refractivity contribution in [2.75, 3.05) is 20.2 Å². The van der Waals surface area contributed by atoms with Crippen molar-refractivity contribution >= 4 is 12.1 Å². The Kier molecular flexibility index (Phi) is 6.17. The molecule has 0 heterocycles. The summed E-state index contributed by atoms with van der Waals surface area (Å²) in [7, 11) is 1.26. The van der Waals surface area contributed by atoms with Crippen molar-refractivity contribution in [1.82, 2.24) is 4.90 Å². The van der Waals surface area contributed by atoms with Crippen molar-refractivity contribution in [2.45, 2.75) is 20.8 Å². The lowest BCUT2D eigenvalue weighted by atomic mass is 10.5. The zero-order valence-electron chi connectivity index (χ0n) is 9.57. The molecule has 5 heteroatoms. The monoisotopic (exact) mass is 215 g/mol.